The van der Waals surface area contributed by atoms with Crippen molar-refractivity contribution in [2.75, 3.05) is 31.2 Å². The van der Waals surface area contributed by atoms with Crippen molar-refractivity contribution in [2.24, 2.45) is 0 Å². The van der Waals surface area contributed by atoms with Gasteiger partial charge in [-0.2, -0.15) is 5.10 Å². The Hall–Kier alpha value is -2.64. The molecule has 1 saturated carbocycles. The highest BCUT2D eigenvalue weighted by Gasteiger charge is 2.30. The van der Waals surface area contributed by atoms with Crippen LogP contribution >= 0.6 is 0 Å². The lowest BCUT2D eigenvalue weighted by molar-refractivity contribution is 0.0351. The van der Waals surface area contributed by atoms with Crippen LogP contribution in [0.2, 0.25) is 0 Å². The first-order chi connectivity index (χ1) is 16.1. The van der Waals surface area contributed by atoms with Crippen molar-refractivity contribution in [3.8, 4) is 11.5 Å². The van der Waals surface area contributed by atoms with Gasteiger partial charge in [0.15, 0.2) is 5.75 Å². The topological polar surface area (TPSA) is 72.6 Å². The molecule has 0 spiro atoms. The second-order valence-electron chi connectivity index (χ2n) is 10.1. The van der Waals surface area contributed by atoms with Crippen LogP contribution < -0.4 is 9.64 Å². The molecule has 4 heterocycles. The number of aromatic nitrogens is 3. The van der Waals surface area contributed by atoms with Crippen molar-refractivity contribution >= 4 is 16.6 Å². The van der Waals surface area contributed by atoms with Crippen molar-refractivity contribution in [1.82, 2.24) is 14.8 Å². The van der Waals surface area contributed by atoms with Crippen LogP contribution in [0.15, 0.2) is 36.7 Å². The van der Waals surface area contributed by atoms with E-state index >= 15 is 0 Å². The number of aliphatic hydroxyl groups is 1. The summed E-state index contributed by atoms with van der Waals surface area (Å²) in [5, 5.41) is 16.2. The number of ether oxygens (including phenoxy) is 2. The monoisotopic (exact) mass is 448 g/mol. The summed E-state index contributed by atoms with van der Waals surface area (Å²) in [6.07, 6.45) is 9.83. The molecule has 1 aromatic carbocycles. The second-order valence-corrected chi connectivity index (χ2v) is 10.1. The van der Waals surface area contributed by atoms with Gasteiger partial charge in [-0.15, -0.1) is 0 Å². The standard InChI is InChI=1S/C26H32N4O3/c1-26(31)9-12-29(13-10-26)20-4-5-21-22(16-20)27-11-6-23(21)33-24-17-30(19-2-3-19)28-25(24)18-7-14-32-15-8-18/h4-6,11,16-19,31H,2-3,7-10,12-15H2,1H3. The Balaban J connectivity index is 1.29. The predicted octanol–water partition coefficient (Wildman–Crippen LogP) is 4.80. The molecule has 2 aromatic heterocycles. The van der Waals surface area contributed by atoms with Crippen molar-refractivity contribution < 1.29 is 14.6 Å². The van der Waals surface area contributed by atoms with E-state index in [4.69, 9.17) is 14.6 Å². The maximum Gasteiger partial charge on any atom is 0.168 e. The summed E-state index contributed by atoms with van der Waals surface area (Å²) in [5.41, 5.74) is 2.57. The first-order valence-corrected chi connectivity index (χ1v) is 12.3. The van der Waals surface area contributed by atoms with Gasteiger partial charge in [-0.05, 0) is 69.7 Å². The summed E-state index contributed by atoms with van der Waals surface area (Å²) in [7, 11) is 0. The van der Waals surface area contributed by atoms with Crippen LogP contribution in [0.4, 0.5) is 5.69 Å². The molecule has 174 valence electrons. The Morgan fingerprint density at radius 3 is 2.61 bits per heavy atom. The second kappa shape index (κ2) is 8.29. The maximum atomic E-state index is 10.3. The molecule has 0 atom stereocenters. The van der Waals surface area contributed by atoms with Crippen LogP contribution in [0.3, 0.4) is 0 Å². The molecule has 2 aliphatic heterocycles. The molecule has 0 bridgehead atoms. The third-order valence-electron chi connectivity index (χ3n) is 7.37. The molecule has 3 aliphatic rings. The van der Waals surface area contributed by atoms with Crippen LogP contribution in [0, 0.1) is 0 Å². The van der Waals surface area contributed by atoms with E-state index in [-0.39, 0.29) is 0 Å². The lowest BCUT2D eigenvalue weighted by atomic mass is 9.93. The van der Waals surface area contributed by atoms with E-state index in [1.54, 1.807) is 0 Å². The van der Waals surface area contributed by atoms with Gasteiger partial charge in [0.25, 0.3) is 0 Å². The molecule has 7 heteroatoms. The molecular formula is C26H32N4O3. The number of fused-ring (bicyclic) bond motifs is 1. The molecule has 0 unspecified atom stereocenters. The van der Waals surface area contributed by atoms with Gasteiger partial charge >= 0.3 is 0 Å². The fraction of sp³-hybridized carbons (Fsp3) is 0.538. The van der Waals surface area contributed by atoms with Crippen molar-refractivity contribution in [1.29, 1.82) is 0 Å². The third-order valence-corrected chi connectivity index (χ3v) is 7.37. The quantitative estimate of drug-likeness (QED) is 0.604. The van der Waals surface area contributed by atoms with Crippen molar-refractivity contribution in [3.05, 3.63) is 42.4 Å². The van der Waals surface area contributed by atoms with E-state index in [0.717, 1.165) is 85.8 Å². The number of piperidine rings is 1. The number of hydrogen-bond donors (Lipinski definition) is 1. The van der Waals surface area contributed by atoms with Crippen molar-refractivity contribution in [3.63, 3.8) is 0 Å². The van der Waals surface area contributed by atoms with Crippen LogP contribution in [0.25, 0.3) is 10.9 Å². The Labute approximate surface area is 194 Å². The van der Waals surface area contributed by atoms with E-state index in [0.29, 0.717) is 12.0 Å². The van der Waals surface area contributed by atoms with Crippen LogP contribution in [0.5, 0.6) is 11.5 Å². The van der Waals surface area contributed by atoms with Gasteiger partial charge < -0.3 is 19.5 Å². The van der Waals surface area contributed by atoms with E-state index in [9.17, 15) is 5.11 Å². The molecule has 6 rings (SSSR count). The minimum absolute atomic E-state index is 0.379. The number of rotatable bonds is 5. The average molecular weight is 449 g/mol. The summed E-state index contributed by atoms with van der Waals surface area (Å²) in [4.78, 5) is 6.96. The highest BCUT2D eigenvalue weighted by Crippen LogP contribution is 2.41. The normalized spacial score (nSPS) is 21.5. The van der Waals surface area contributed by atoms with E-state index < -0.39 is 5.60 Å². The van der Waals surface area contributed by atoms with Crippen molar-refractivity contribution in [2.45, 2.75) is 63.0 Å². The number of benzene rings is 1. The summed E-state index contributed by atoms with van der Waals surface area (Å²) in [6.45, 7) is 5.20. The summed E-state index contributed by atoms with van der Waals surface area (Å²) in [5.74, 6) is 2.06. The molecule has 3 fully saturated rings. The van der Waals surface area contributed by atoms with Gasteiger partial charge in [0.2, 0.25) is 0 Å². The highest BCUT2D eigenvalue weighted by atomic mass is 16.5. The Kier molecular flexibility index (Phi) is 5.26. The van der Waals surface area contributed by atoms with E-state index in [1.165, 1.54) is 12.8 Å². The molecule has 1 N–H and O–H groups in total. The average Bonchev–Trinajstić information content (AvgIpc) is 3.60. The Bertz CT molecular complexity index is 1140. The smallest absolute Gasteiger partial charge is 0.168 e. The number of hydrogen-bond acceptors (Lipinski definition) is 6. The molecule has 2 saturated heterocycles. The minimum atomic E-state index is -0.556. The Morgan fingerprint density at radius 1 is 1.06 bits per heavy atom. The van der Waals surface area contributed by atoms with Gasteiger partial charge in [0.1, 0.15) is 11.4 Å². The van der Waals surface area contributed by atoms with Crippen LogP contribution in [0.1, 0.15) is 63.1 Å². The van der Waals surface area contributed by atoms with Gasteiger partial charge in [0, 0.05) is 49.5 Å². The zero-order chi connectivity index (χ0) is 22.4. The summed E-state index contributed by atoms with van der Waals surface area (Å²) >= 11 is 0. The first-order valence-electron chi connectivity index (χ1n) is 12.3. The lowest BCUT2D eigenvalue weighted by Crippen LogP contribution is -2.42. The molecule has 0 radical (unpaired) electrons. The zero-order valence-electron chi connectivity index (χ0n) is 19.2. The fourth-order valence-electron chi connectivity index (χ4n) is 5.01. The minimum Gasteiger partial charge on any atom is -0.453 e. The molecule has 3 aromatic rings. The van der Waals surface area contributed by atoms with Gasteiger partial charge in [-0.3, -0.25) is 9.67 Å². The predicted molar refractivity (Wildman–Crippen MR) is 127 cm³/mol. The SMILES string of the molecule is CC1(O)CCN(c2ccc3c(Oc4cn(C5CC5)nc4C4CCOCC4)ccnc3c2)CC1. The number of anilines is 1. The maximum absolute atomic E-state index is 10.3. The van der Waals surface area contributed by atoms with Gasteiger partial charge in [-0.1, -0.05) is 0 Å². The summed E-state index contributed by atoms with van der Waals surface area (Å²) < 4.78 is 14.2. The Morgan fingerprint density at radius 2 is 1.85 bits per heavy atom. The largest absolute Gasteiger partial charge is 0.453 e. The molecule has 0 amide bonds. The molecule has 33 heavy (non-hydrogen) atoms. The number of pyridine rings is 1. The van der Waals surface area contributed by atoms with Crippen LogP contribution in [-0.2, 0) is 4.74 Å². The molecule has 7 nitrogen and oxygen atoms in total. The zero-order valence-corrected chi connectivity index (χ0v) is 19.2. The van der Waals surface area contributed by atoms with Gasteiger partial charge in [0.05, 0.1) is 23.4 Å². The molecular weight excluding hydrogens is 416 g/mol. The fourth-order valence-corrected chi connectivity index (χ4v) is 5.01. The van der Waals surface area contributed by atoms with E-state index in [2.05, 4.69) is 39.0 Å². The first kappa shape index (κ1) is 20.9. The lowest BCUT2D eigenvalue weighted by Gasteiger charge is -2.37. The van der Waals surface area contributed by atoms with Gasteiger partial charge in [-0.25, -0.2) is 0 Å². The number of nitrogens with zero attached hydrogens (tertiary/aromatic N) is 4. The highest BCUT2D eigenvalue weighted by molar-refractivity contribution is 5.88. The molecule has 1 aliphatic carbocycles. The van der Waals surface area contributed by atoms with Crippen LogP contribution in [-0.4, -0.2) is 51.8 Å². The summed E-state index contributed by atoms with van der Waals surface area (Å²) in [6, 6.07) is 8.85. The third kappa shape index (κ3) is 4.32. The van der Waals surface area contributed by atoms with E-state index in [1.807, 2.05) is 19.2 Å².